The van der Waals surface area contributed by atoms with Gasteiger partial charge in [-0.15, -0.1) is 0 Å². The molecular formula is C29H31Cl2N3O2. The van der Waals surface area contributed by atoms with E-state index in [-0.39, 0.29) is 5.91 Å². The number of nitrogens with zero attached hydrogens (tertiary/aromatic N) is 1. The maximum Gasteiger partial charge on any atom is 0.241 e. The zero-order valence-corrected chi connectivity index (χ0v) is 22.1. The second-order valence-corrected chi connectivity index (χ2v) is 10.8. The molecule has 0 atom stereocenters. The molecule has 0 spiro atoms. The second-order valence-electron chi connectivity index (χ2n) is 9.93. The average Bonchev–Trinajstić information content (AvgIpc) is 2.94. The fraction of sp³-hybridized carbons (Fsp3) is 0.345. The van der Waals surface area contributed by atoms with Crippen molar-refractivity contribution in [3.63, 3.8) is 0 Å². The molecule has 3 aromatic rings. The standard InChI is InChI=1S/C29H31Cl2N3O2/c1-29(2)26-10-4-19(30)17-25(26)24-9-3-20(31)18-27(24)34(28(29)35)23-7-5-21(6-8-23)32-13-14-33-22-11-15-36-16-12-22/h3-10,17-18,22,32-33H,11-16H2,1-2H3. The third kappa shape index (κ3) is 4.98. The maximum absolute atomic E-state index is 14.1. The molecule has 1 amide bonds. The summed E-state index contributed by atoms with van der Waals surface area (Å²) in [6, 6.07) is 19.9. The maximum atomic E-state index is 14.1. The van der Waals surface area contributed by atoms with Crippen molar-refractivity contribution in [2.75, 3.05) is 36.5 Å². The van der Waals surface area contributed by atoms with Crippen LogP contribution in [0.4, 0.5) is 17.1 Å². The average molecular weight is 524 g/mol. The van der Waals surface area contributed by atoms with E-state index in [1.807, 2.05) is 74.5 Å². The van der Waals surface area contributed by atoms with E-state index in [4.69, 9.17) is 27.9 Å². The summed E-state index contributed by atoms with van der Waals surface area (Å²) in [6.45, 7) is 7.31. The molecule has 0 aromatic heterocycles. The van der Waals surface area contributed by atoms with E-state index < -0.39 is 5.41 Å². The van der Waals surface area contributed by atoms with Crippen molar-refractivity contribution in [1.82, 2.24) is 5.32 Å². The van der Waals surface area contributed by atoms with Gasteiger partial charge >= 0.3 is 0 Å². The highest BCUT2D eigenvalue weighted by Crippen LogP contribution is 2.47. The number of rotatable bonds is 6. The van der Waals surface area contributed by atoms with Gasteiger partial charge in [-0.1, -0.05) is 35.3 Å². The Morgan fingerprint density at radius 3 is 2.36 bits per heavy atom. The first kappa shape index (κ1) is 25.1. The molecule has 2 aliphatic rings. The third-order valence-corrected chi connectivity index (χ3v) is 7.59. The molecule has 1 saturated heterocycles. The summed E-state index contributed by atoms with van der Waals surface area (Å²) in [7, 11) is 0. The van der Waals surface area contributed by atoms with Crippen molar-refractivity contribution >= 4 is 46.2 Å². The molecule has 2 heterocycles. The minimum Gasteiger partial charge on any atom is -0.384 e. The van der Waals surface area contributed by atoms with Gasteiger partial charge in [-0.2, -0.15) is 0 Å². The molecule has 0 radical (unpaired) electrons. The predicted molar refractivity (Wildman–Crippen MR) is 149 cm³/mol. The Labute approximate surface area is 222 Å². The van der Waals surface area contributed by atoms with Crippen LogP contribution >= 0.6 is 23.2 Å². The fourth-order valence-corrected chi connectivity index (χ4v) is 5.41. The van der Waals surface area contributed by atoms with Crippen molar-refractivity contribution in [2.24, 2.45) is 0 Å². The lowest BCUT2D eigenvalue weighted by Gasteiger charge is -2.31. The molecule has 0 bridgehead atoms. The first-order valence-corrected chi connectivity index (χ1v) is 13.2. The van der Waals surface area contributed by atoms with Crippen LogP contribution in [0.1, 0.15) is 32.3 Å². The SMILES string of the molecule is CC1(C)C(=O)N(c2ccc(NCCNC3CCOCC3)cc2)c2cc(Cl)ccc2-c2cc(Cl)ccc21. The topological polar surface area (TPSA) is 53.6 Å². The molecule has 0 unspecified atom stereocenters. The van der Waals surface area contributed by atoms with Crippen molar-refractivity contribution in [1.29, 1.82) is 0 Å². The van der Waals surface area contributed by atoms with Crippen molar-refractivity contribution < 1.29 is 9.53 Å². The summed E-state index contributed by atoms with van der Waals surface area (Å²) < 4.78 is 5.42. The molecule has 1 fully saturated rings. The van der Waals surface area contributed by atoms with Crippen LogP contribution in [0.15, 0.2) is 60.7 Å². The molecular weight excluding hydrogens is 493 g/mol. The van der Waals surface area contributed by atoms with E-state index >= 15 is 0 Å². The number of amides is 1. The zero-order chi connectivity index (χ0) is 25.3. The Morgan fingerprint density at radius 1 is 0.917 bits per heavy atom. The van der Waals surface area contributed by atoms with E-state index in [2.05, 4.69) is 10.6 Å². The first-order chi connectivity index (χ1) is 17.3. The van der Waals surface area contributed by atoms with Crippen LogP contribution in [-0.2, 0) is 14.9 Å². The highest BCUT2D eigenvalue weighted by atomic mass is 35.5. The quantitative estimate of drug-likeness (QED) is 0.349. The third-order valence-electron chi connectivity index (χ3n) is 7.12. The number of hydrogen-bond donors (Lipinski definition) is 2. The Balaban J connectivity index is 1.41. The van der Waals surface area contributed by atoms with Gasteiger partial charge in [0, 0.05) is 59.3 Å². The summed E-state index contributed by atoms with van der Waals surface area (Å²) in [5.41, 5.74) is 4.61. The van der Waals surface area contributed by atoms with Crippen molar-refractivity contribution in [3.8, 4) is 11.1 Å². The Hall–Kier alpha value is -2.57. The molecule has 5 nitrogen and oxygen atoms in total. The van der Waals surface area contributed by atoms with Crippen LogP contribution in [-0.4, -0.2) is 38.3 Å². The minimum absolute atomic E-state index is 0.0199. The number of carbonyl (C=O) groups excluding carboxylic acids is 1. The number of benzene rings is 3. The van der Waals surface area contributed by atoms with Crippen LogP contribution in [0.5, 0.6) is 0 Å². The molecule has 2 N–H and O–H groups in total. The number of fused-ring (bicyclic) bond motifs is 3. The Morgan fingerprint density at radius 2 is 1.61 bits per heavy atom. The summed E-state index contributed by atoms with van der Waals surface area (Å²) in [5.74, 6) is -0.0199. The highest BCUT2D eigenvalue weighted by Gasteiger charge is 2.41. The van der Waals surface area contributed by atoms with Crippen molar-refractivity contribution in [2.45, 2.75) is 38.1 Å². The lowest BCUT2D eigenvalue weighted by molar-refractivity contribution is -0.122. The van der Waals surface area contributed by atoms with Gasteiger partial charge in [0.15, 0.2) is 0 Å². The van der Waals surface area contributed by atoms with Gasteiger partial charge in [0.05, 0.1) is 11.1 Å². The van der Waals surface area contributed by atoms with E-state index in [1.54, 1.807) is 4.90 Å². The van der Waals surface area contributed by atoms with Crippen molar-refractivity contribution in [3.05, 3.63) is 76.3 Å². The fourth-order valence-electron chi connectivity index (χ4n) is 5.08. The van der Waals surface area contributed by atoms with Gasteiger partial charge in [-0.05, 0) is 86.3 Å². The van der Waals surface area contributed by atoms with Crippen LogP contribution in [0.2, 0.25) is 10.0 Å². The van der Waals surface area contributed by atoms with E-state index in [0.717, 1.165) is 72.9 Å². The number of ether oxygens (including phenoxy) is 1. The molecule has 0 saturated carbocycles. The van der Waals surface area contributed by atoms with E-state index in [9.17, 15) is 4.79 Å². The monoisotopic (exact) mass is 523 g/mol. The normalized spacial score (nSPS) is 17.3. The Kier molecular flexibility index (Phi) is 7.27. The minimum atomic E-state index is -0.766. The number of hydrogen-bond acceptors (Lipinski definition) is 4. The summed E-state index contributed by atoms with van der Waals surface area (Å²) >= 11 is 12.8. The van der Waals surface area contributed by atoms with Crippen LogP contribution in [0, 0.1) is 0 Å². The van der Waals surface area contributed by atoms with Crippen LogP contribution < -0.4 is 15.5 Å². The van der Waals surface area contributed by atoms with Gasteiger partial charge in [-0.3, -0.25) is 9.69 Å². The number of anilines is 3. The molecule has 188 valence electrons. The molecule has 7 heteroatoms. The Bertz CT molecular complexity index is 1250. The lowest BCUT2D eigenvalue weighted by atomic mass is 9.80. The van der Waals surface area contributed by atoms with E-state index in [0.29, 0.717) is 16.1 Å². The number of carbonyl (C=O) groups is 1. The number of halogens is 2. The molecule has 5 rings (SSSR count). The van der Waals surface area contributed by atoms with Gasteiger partial charge in [-0.25, -0.2) is 0 Å². The summed E-state index contributed by atoms with van der Waals surface area (Å²) in [5, 5.41) is 8.26. The molecule has 3 aromatic carbocycles. The van der Waals surface area contributed by atoms with Gasteiger partial charge in [0.2, 0.25) is 5.91 Å². The summed E-state index contributed by atoms with van der Waals surface area (Å²) in [4.78, 5) is 15.8. The zero-order valence-electron chi connectivity index (χ0n) is 20.6. The molecule has 36 heavy (non-hydrogen) atoms. The van der Waals surface area contributed by atoms with E-state index in [1.165, 1.54) is 0 Å². The first-order valence-electron chi connectivity index (χ1n) is 12.4. The molecule has 2 aliphatic heterocycles. The second kappa shape index (κ2) is 10.4. The van der Waals surface area contributed by atoms with Gasteiger partial charge < -0.3 is 15.4 Å². The van der Waals surface area contributed by atoms with Gasteiger partial charge in [0.1, 0.15) is 0 Å². The van der Waals surface area contributed by atoms with Crippen LogP contribution in [0.25, 0.3) is 11.1 Å². The summed E-state index contributed by atoms with van der Waals surface area (Å²) in [6.07, 6.45) is 2.13. The predicted octanol–water partition coefficient (Wildman–Crippen LogP) is 6.80. The van der Waals surface area contributed by atoms with Gasteiger partial charge in [0.25, 0.3) is 0 Å². The largest absolute Gasteiger partial charge is 0.384 e. The number of nitrogens with one attached hydrogen (secondary N) is 2. The van der Waals surface area contributed by atoms with Crippen LogP contribution in [0.3, 0.4) is 0 Å². The smallest absolute Gasteiger partial charge is 0.241 e. The molecule has 0 aliphatic carbocycles. The highest BCUT2D eigenvalue weighted by molar-refractivity contribution is 6.32. The lowest BCUT2D eigenvalue weighted by Crippen LogP contribution is -2.40.